The Morgan fingerprint density at radius 2 is 2.25 bits per heavy atom. The van der Waals surface area contributed by atoms with E-state index >= 15 is 0 Å². The average molecular weight is 247 g/mol. The molecule has 16 heavy (non-hydrogen) atoms. The van der Waals surface area contributed by atoms with Gasteiger partial charge in [-0.05, 0) is 6.42 Å². The van der Waals surface area contributed by atoms with Gasteiger partial charge in [-0.1, -0.05) is 0 Å². The third-order valence-corrected chi connectivity index (χ3v) is 4.93. The van der Waals surface area contributed by atoms with Crippen molar-refractivity contribution in [2.75, 3.05) is 31.1 Å². The maximum absolute atomic E-state index is 11.4. The molecular formula is C9H17N3O3S. The van der Waals surface area contributed by atoms with Crippen LogP contribution in [0.25, 0.3) is 0 Å². The molecule has 0 aromatic heterocycles. The van der Waals surface area contributed by atoms with Gasteiger partial charge < -0.3 is 11.1 Å². The first-order valence-corrected chi connectivity index (χ1v) is 7.26. The third-order valence-electron chi connectivity index (χ3n) is 3.18. The van der Waals surface area contributed by atoms with Crippen LogP contribution in [0.15, 0.2) is 0 Å². The molecule has 2 aliphatic heterocycles. The number of nitrogens with two attached hydrogens (primary N) is 1. The molecule has 0 spiro atoms. The molecule has 1 amide bonds. The van der Waals surface area contributed by atoms with Gasteiger partial charge in [0.15, 0.2) is 9.84 Å². The molecule has 0 radical (unpaired) electrons. The Labute approximate surface area is 95.1 Å². The van der Waals surface area contributed by atoms with E-state index in [1.54, 1.807) is 0 Å². The summed E-state index contributed by atoms with van der Waals surface area (Å²) in [6.45, 7) is 1.33. The SMILES string of the molecule is NCC1CN(C2CCS(=O)(=O)C2)CC(=O)N1. The standard InChI is InChI=1S/C9H17N3O3S/c10-3-7-4-12(5-9(13)11-7)8-1-2-16(14,15)6-8/h7-8H,1-6,10H2,(H,11,13). The smallest absolute Gasteiger partial charge is 0.234 e. The van der Waals surface area contributed by atoms with Crippen molar-refractivity contribution in [2.45, 2.75) is 18.5 Å². The van der Waals surface area contributed by atoms with Crippen LogP contribution in [-0.2, 0) is 14.6 Å². The molecule has 2 atom stereocenters. The summed E-state index contributed by atoms with van der Waals surface area (Å²) >= 11 is 0. The molecule has 2 saturated heterocycles. The van der Waals surface area contributed by atoms with Gasteiger partial charge in [0.05, 0.1) is 24.1 Å². The van der Waals surface area contributed by atoms with Crippen molar-refractivity contribution < 1.29 is 13.2 Å². The highest BCUT2D eigenvalue weighted by atomic mass is 32.2. The summed E-state index contributed by atoms with van der Waals surface area (Å²) in [5.74, 6) is 0.353. The molecule has 2 rings (SSSR count). The number of rotatable bonds is 2. The van der Waals surface area contributed by atoms with Crippen molar-refractivity contribution in [1.82, 2.24) is 10.2 Å². The van der Waals surface area contributed by atoms with Gasteiger partial charge in [0.1, 0.15) is 0 Å². The van der Waals surface area contributed by atoms with Gasteiger partial charge in [-0.3, -0.25) is 9.69 Å². The number of carbonyl (C=O) groups is 1. The average Bonchev–Trinajstić information content (AvgIpc) is 2.58. The third kappa shape index (κ3) is 2.53. The highest BCUT2D eigenvalue weighted by Crippen LogP contribution is 2.18. The fraction of sp³-hybridized carbons (Fsp3) is 0.889. The molecule has 0 saturated carbocycles. The zero-order chi connectivity index (χ0) is 11.8. The number of amides is 1. The van der Waals surface area contributed by atoms with Crippen molar-refractivity contribution in [1.29, 1.82) is 0 Å². The molecule has 2 fully saturated rings. The first kappa shape index (κ1) is 11.8. The number of piperazine rings is 1. The quantitative estimate of drug-likeness (QED) is 0.585. The highest BCUT2D eigenvalue weighted by Gasteiger charge is 2.36. The Morgan fingerprint density at radius 3 is 2.81 bits per heavy atom. The molecule has 7 heteroatoms. The van der Waals surface area contributed by atoms with Crippen LogP contribution in [0.3, 0.4) is 0 Å². The molecule has 0 aromatic rings. The molecule has 0 aliphatic carbocycles. The van der Waals surface area contributed by atoms with Gasteiger partial charge in [0.2, 0.25) is 5.91 Å². The minimum Gasteiger partial charge on any atom is -0.350 e. The van der Waals surface area contributed by atoms with Gasteiger partial charge in [0, 0.05) is 19.1 Å². The Hall–Kier alpha value is -0.660. The summed E-state index contributed by atoms with van der Waals surface area (Å²) in [5.41, 5.74) is 5.52. The second kappa shape index (κ2) is 4.31. The number of nitrogens with zero attached hydrogens (tertiary/aromatic N) is 1. The Bertz CT molecular complexity index is 381. The first-order chi connectivity index (χ1) is 7.50. The van der Waals surface area contributed by atoms with Crippen molar-refractivity contribution in [3.8, 4) is 0 Å². The van der Waals surface area contributed by atoms with Crippen LogP contribution < -0.4 is 11.1 Å². The minimum absolute atomic E-state index is 0.00917. The molecule has 0 aromatic carbocycles. The van der Waals surface area contributed by atoms with Gasteiger partial charge in [-0.15, -0.1) is 0 Å². The Balaban J connectivity index is 2.02. The number of sulfone groups is 1. The summed E-state index contributed by atoms with van der Waals surface area (Å²) in [7, 11) is -2.89. The normalized spacial score (nSPS) is 34.9. The zero-order valence-electron chi connectivity index (χ0n) is 9.05. The lowest BCUT2D eigenvalue weighted by Crippen LogP contribution is -2.59. The molecule has 0 bridgehead atoms. The summed E-state index contributed by atoms with van der Waals surface area (Å²) < 4.78 is 22.7. The van der Waals surface area contributed by atoms with Gasteiger partial charge in [-0.25, -0.2) is 8.42 Å². The van der Waals surface area contributed by atoms with Crippen molar-refractivity contribution >= 4 is 15.7 Å². The van der Waals surface area contributed by atoms with Crippen molar-refractivity contribution in [2.24, 2.45) is 5.73 Å². The van der Waals surface area contributed by atoms with Crippen LogP contribution in [0, 0.1) is 0 Å². The Kier molecular flexibility index (Phi) is 3.18. The van der Waals surface area contributed by atoms with Crippen LogP contribution in [0.4, 0.5) is 0 Å². The number of hydrogen-bond donors (Lipinski definition) is 2. The lowest BCUT2D eigenvalue weighted by molar-refractivity contribution is -0.126. The van der Waals surface area contributed by atoms with Gasteiger partial charge in [0.25, 0.3) is 0 Å². The van der Waals surface area contributed by atoms with E-state index in [1.807, 2.05) is 4.90 Å². The predicted octanol–water partition coefficient (Wildman–Crippen LogP) is -2.07. The second-order valence-electron chi connectivity index (χ2n) is 4.49. The number of hydrogen-bond acceptors (Lipinski definition) is 5. The first-order valence-electron chi connectivity index (χ1n) is 5.44. The molecule has 3 N–H and O–H groups in total. The van der Waals surface area contributed by atoms with E-state index in [1.165, 1.54) is 0 Å². The fourth-order valence-electron chi connectivity index (χ4n) is 2.33. The van der Waals surface area contributed by atoms with E-state index < -0.39 is 9.84 Å². The summed E-state index contributed by atoms with van der Waals surface area (Å²) in [6.07, 6.45) is 0.632. The summed E-state index contributed by atoms with van der Waals surface area (Å²) in [6, 6.07) is -0.0605. The van der Waals surface area contributed by atoms with E-state index in [2.05, 4.69) is 5.32 Å². The molecule has 2 aliphatic rings. The van der Waals surface area contributed by atoms with E-state index in [9.17, 15) is 13.2 Å². The van der Waals surface area contributed by atoms with E-state index in [0.29, 0.717) is 19.5 Å². The van der Waals surface area contributed by atoms with Crippen LogP contribution in [0.2, 0.25) is 0 Å². The summed E-state index contributed by atoms with van der Waals surface area (Å²) in [4.78, 5) is 13.3. The monoisotopic (exact) mass is 247 g/mol. The predicted molar refractivity (Wildman–Crippen MR) is 59.6 cm³/mol. The number of nitrogens with one attached hydrogen (secondary N) is 1. The maximum Gasteiger partial charge on any atom is 0.234 e. The lowest BCUT2D eigenvalue weighted by atomic mass is 10.1. The van der Waals surface area contributed by atoms with Crippen LogP contribution >= 0.6 is 0 Å². The second-order valence-corrected chi connectivity index (χ2v) is 6.72. The van der Waals surface area contributed by atoms with Gasteiger partial charge in [-0.2, -0.15) is 0 Å². The van der Waals surface area contributed by atoms with Crippen molar-refractivity contribution in [3.63, 3.8) is 0 Å². The lowest BCUT2D eigenvalue weighted by Gasteiger charge is -2.35. The van der Waals surface area contributed by atoms with E-state index in [4.69, 9.17) is 5.73 Å². The maximum atomic E-state index is 11.4. The largest absolute Gasteiger partial charge is 0.350 e. The van der Waals surface area contributed by atoms with Crippen LogP contribution in [0.1, 0.15) is 6.42 Å². The van der Waals surface area contributed by atoms with Crippen LogP contribution in [-0.4, -0.2) is 62.4 Å². The van der Waals surface area contributed by atoms with E-state index in [0.717, 1.165) is 0 Å². The molecule has 2 unspecified atom stereocenters. The van der Waals surface area contributed by atoms with E-state index in [-0.39, 0.29) is 36.0 Å². The molecule has 6 nitrogen and oxygen atoms in total. The fourth-order valence-corrected chi connectivity index (χ4v) is 4.09. The molecule has 92 valence electrons. The topological polar surface area (TPSA) is 92.5 Å². The molecular weight excluding hydrogens is 230 g/mol. The molecule has 2 heterocycles. The summed E-state index contributed by atoms with van der Waals surface area (Å²) in [5, 5.41) is 2.79. The zero-order valence-corrected chi connectivity index (χ0v) is 9.87. The van der Waals surface area contributed by atoms with Crippen LogP contribution in [0.5, 0.6) is 0 Å². The number of carbonyl (C=O) groups excluding carboxylic acids is 1. The minimum atomic E-state index is -2.89. The Morgan fingerprint density at radius 1 is 1.50 bits per heavy atom. The van der Waals surface area contributed by atoms with Crippen molar-refractivity contribution in [3.05, 3.63) is 0 Å². The highest BCUT2D eigenvalue weighted by molar-refractivity contribution is 7.91. The van der Waals surface area contributed by atoms with Gasteiger partial charge >= 0.3 is 0 Å².